The first-order chi connectivity index (χ1) is 9.65. The first-order valence-electron chi connectivity index (χ1n) is 6.01. The molecule has 5 nitrogen and oxygen atoms in total. The van der Waals surface area contributed by atoms with Gasteiger partial charge in [0, 0.05) is 5.39 Å². The van der Waals surface area contributed by atoms with Crippen molar-refractivity contribution in [1.82, 2.24) is 0 Å². The van der Waals surface area contributed by atoms with Gasteiger partial charge in [-0.05, 0) is 30.3 Å². The van der Waals surface area contributed by atoms with E-state index in [0.717, 1.165) is 16.7 Å². The maximum Gasteiger partial charge on any atom is 0.335 e. The fourth-order valence-corrected chi connectivity index (χ4v) is 2.03. The number of aromatic carboxylic acids is 1. The summed E-state index contributed by atoms with van der Waals surface area (Å²) in [6.45, 7) is 0. The molecule has 0 bridgehead atoms. The fraction of sp³-hybridized carbons (Fsp3) is 0. The maximum absolute atomic E-state index is 10.9. The Bertz CT molecular complexity index is 793. The molecular formula is C15H12N2O3. The lowest BCUT2D eigenvalue weighted by atomic mass is 10.1. The molecule has 2 aromatic carbocycles. The topological polar surface area (TPSA) is 88.5 Å². The number of hydrogen-bond donors (Lipinski definition) is 3. The zero-order chi connectivity index (χ0) is 14.1. The Labute approximate surface area is 114 Å². The van der Waals surface area contributed by atoms with E-state index >= 15 is 0 Å². The van der Waals surface area contributed by atoms with Crippen LogP contribution in [-0.4, -0.2) is 11.1 Å². The number of anilines is 3. The summed E-state index contributed by atoms with van der Waals surface area (Å²) in [6.07, 6.45) is 1.61. The molecule has 100 valence electrons. The summed E-state index contributed by atoms with van der Waals surface area (Å²) < 4.78 is 5.43. The summed E-state index contributed by atoms with van der Waals surface area (Å²) in [5.41, 5.74) is 8.59. The van der Waals surface area contributed by atoms with E-state index in [9.17, 15) is 4.79 Å². The van der Waals surface area contributed by atoms with Crippen LogP contribution in [0, 0.1) is 0 Å². The molecule has 0 amide bonds. The van der Waals surface area contributed by atoms with Crippen LogP contribution in [0.15, 0.2) is 53.1 Å². The molecule has 1 aromatic heterocycles. The van der Waals surface area contributed by atoms with Gasteiger partial charge in [0.25, 0.3) is 0 Å². The van der Waals surface area contributed by atoms with Gasteiger partial charge in [-0.15, -0.1) is 0 Å². The Hall–Kier alpha value is -2.95. The molecule has 0 aliphatic rings. The number of furan rings is 1. The Morgan fingerprint density at radius 3 is 2.70 bits per heavy atom. The zero-order valence-corrected chi connectivity index (χ0v) is 10.5. The van der Waals surface area contributed by atoms with Crippen LogP contribution in [0.25, 0.3) is 11.0 Å². The van der Waals surface area contributed by atoms with Crippen LogP contribution >= 0.6 is 0 Å². The number of benzene rings is 2. The molecule has 1 heterocycles. The van der Waals surface area contributed by atoms with Crippen LogP contribution in [0.5, 0.6) is 0 Å². The third-order valence-corrected chi connectivity index (χ3v) is 3.05. The normalized spacial score (nSPS) is 10.6. The molecule has 0 saturated heterocycles. The molecule has 0 spiro atoms. The van der Waals surface area contributed by atoms with Gasteiger partial charge in [0.15, 0.2) is 0 Å². The summed E-state index contributed by atoms with van der Waals surface area (Å²) in [5, 5.41) is 13.0. The summed E-state index contributed by atoms with van der Waals surface area (Å²) in [5.74, 6) is -1.00. The highest BCUT2D eigenvalue weighted by Gasteiger charge is 2.09. The molecule has 20 heavy (non-hydrogen) atoms. The van der Waals surface area contributed by atoms with Gasteiger partial charge in [0.2, 0.25) is 0 Å². The van der Waals surface area contributed by atoms with Crippen molar-refractivity contribution in [1.29, 1.82) is 0 Å². The number of para-hydroxylation sites is 1. The van der Waals surface area contributed by atoms with Crippen molar-refractivity contribution >= 4 is 34.0 Å². The van der Waals surface area contributed by atoms with E-state index in [1.807, 2.05) is 24.3 Å². The van der Waals surface area contributed by atoms with Crippen molar-refractivity contribution < 1.29 is 14.3 Å². The largest absolute Gasteiger partial charge is 0.478 e. The van der Waals surface area contributed by atoms with Gasteiger partial charge in [0.1, 0.15) is 11.8 Å². The SMILES string of the molecule is Nc1cc(C(=O)O)ccc1Nc1coc2ccccc12. The minimum Gasteiger partial charge on any atom is -0.478 e. The number of carboxylic acid groups (broad SMARTS) is 1. The molecule has 4 N–H and O–H groups in total. The van der Waals surface area contributed by atoms with E-state index in [-0.39, 0.29) is 5.56 Å². The number of carbonyl (C=O) groups is 1. The maximum atomic E-state index is 10.9. The van der Waals surface area contributed by atoms with E-state index in [2.05, 4.69) is 5.32 Å². The summed E-state index contributed by atoms with van der Waals surface area (Å²) in [7, 11) is 0. The van der Waals surface area contributed by atoms with E-state index in [1.165, 1.54) is 12.1 Å². The highest BCUT2D eigenvalue weighted by Crippen LogP contribution is 2.30. The molecule has 0 unspecified atom stereocenters. The Morgan fingerprint density at radius 2 is 1.95 bits per heavy atom. The minimum atomic E-state index is -1.00. The highest BCUT2D eigenvalue weighted by atomic mass is 16.4. The molecule has 3 aromatic rings. The first kappa shape index (κ1) is 12.1. The molecular weight excluding hydrogens is 256 g/mol. The van der Waals surface area contributed by atoms with Gasteiger partial charge in [-0.25, -0.2) is 4.79 Å². The molecule has 0 aliphatic carbocycles. The van der Waals surface area contributed by atoms with E-state index in [4.69, 9.17) is 15.3 Å². The summed E-state index contributed by atoms with van der Waals surface area (Å²) in [6, 6.07) is 12.2. The van der Waals surface area contributed by atoms with E-state index < -0.39 is 5.97 Å². The fourth-order valence-electron chi connectivity index (χ4n) is 2.03. The van der Waals surface area contributed by atoms with Crippen LogP contribution in [0.2, 0.25) is 0 Å². The molecule has 0 fully saturated rings. The molecule has 3 rings (SSSR count). The van der Waals surface area contributed by atoms with Crippen LogP contribution < -0.4 is 11.1 Å². The lowest BCUT2D eigenvalue weighted by molar-refractivity contribution is 0.0697. The van der Waals surface area contributed by atoms with Gasteiger partial charge in [-0.1, -0.05) is 12.1 Å². The monoisotopic (exact) mass is 268 g/mol. The smallest absolute Gasteiger partial charge is 0.335 e. The quantitative estimate of drug-likeness (QED) is 0.633. The van der Waals surface area contributed by atoms with Crippen molar-refractivity contribution in [3.8, 4) is 0 Å². The van der Waals surface area contributed by atoms with E-state index in [1.54, 1.807) is 12.3 Å². The molecule has 0 radical (unpaired) electrons. The number of hydrogen-bond acceptors (Lipinski definition) is 4. The van der Waals surface area contributed by atoms with Crippen molar-refractivity contribution in [2.24, 2.45) is 0 Å². The Balaban J connectivity index is 1.97. The summed E-state index contributed by atoms with van der Waals surface area (Å²) in [4.78, 5) is 10.9. The predicted octanol–water partition coefficient (Wildman–Crippen LogP) is 3.46. The average molecular weight is 268 g/mol. The molecule has 0 saturated carbocycles. The molecule has 5 heteroatoms. The predicted molar refractivity (Wildman–Crippen MR) is 77.3 cm³/mol. The third-order valence-electron chi connectivity index (χ3n) is 3.05. The van der Waals surface area contributed by atoms with Gasteiger partial charge < -0.3 is 20.6 Å². The number of nitrogens with two attached hydrogens (primary N) is 1. The van der Waals surface area contributed by atoms with Crippen LogP contribution in [0.1, 0.15) is 10.4 Å². The standard InChI is InChI=1S/C15H12N2O3/c16-11-7-9(15(18)19)5-6-12(11)17-13-8-20-14-4-2-1-3-10(13)14/h1-8,17H,16H2,(H,18,19). The van der Waals surface area contributed by atoms with Crippen LogP contribution in [0.3, 0.4) is 0 Å². The first-order valence-corrected chi connectivity index (χ1v) is 6.01. The van der Waals surface area contributed by atoms with Crippen LogP contribution in [0.4, 0.5) is 17.1 Å². The third kappa shape index (κ3) is 2.05. The second kappa shape index (κ2) is 4.62. The van der Waals surface area contributed by atoms with Gasteiger partial charge in [-0.2, -0.15) is 0 Å². The summed E-state index contributed by atoms with van der Waals surface area (Å²) >= 11 is 0. The van der Waals surface area contributed by atoms with Crippen molar-refractivity contribution in [3.05, 3.63) is 54.3 Å². The van der Waals surface area contributed by atoms with Crippen molar-refractivity contribution in [3.63, 3.8) is 0 Å². The Morgan fingerprint density at radius 1 is 1.15 bits per heavy atom. The number of fused-ring (bicyclic) bond motifs is 1. The van der Waals surface area contributed by atoms with Gasteiger partial charge in [-0.3, -0.25) is 0 Å². The Kier molecular flexibility index (Phi) is 2.80. The minimum absolute atomic E-state index is 0.158. The molecule has 0 atom stereocenters. The highest BCUT2D eigenvalue weighted by molar-refractivity contribution is 5.95. The average Bonchev–Trinajstić information content (AvgIpc) is 2.84. The second-order valence-electron chi connectivity index (χ2n) is 4.38. The molecule has 0 aliphatic heterocycles. The van der Waals surface area contributed by atoms with Crippen molar-refractivity contribution in [2.45, 2.75) is 0 Å². The number of rotatable bonds is 3. The van der Waals surface area contributed by atoms with E-state index in [0.29, 0.717) is 11.4 Å². The zero-order valence-electron chi connectivity index (χ0n) is 10.5. The lowest BCUT2D eigenvalue weighted by Crippen LogP contribution is -2.01. The number of nitrogens with one attached hydrogen (secondary N) is 1. The number of nitrogen functional groups attached to an aromatic ring is 1. The van der Waals surface area contributed by atoms with Crippen LogP contribution in [-0.2, 0) is 0 Å². The second-order valence-corrected chi connectivity index (χ2v) is 4.38. The van der Waals surface area contributed by atoms with Crippen molar-refractivity contribution in [2.75, 3.05) is 11.1 Å². The lowest BCUT2D eigenvalue weighted by Gasteiger charge is -2.08. The van der Waals surface area contributed by atoms with Gasteiger partial charge >= 0.3 is 5.97 Å². The number of carboxylic acids is 1. The van der Waals surface area contributed by atoms with Gasteiger partial charge in [0.05, 0.1) is 22.6 Å².